The van der Waals surface area contributed by atoms with Gasteiger partial charge in [-0.15, -0.1) is 0 Å². The number of aryl methyl sites for hydroxylation is 1. The second-order valence-corrected chi connectivity index (χ2v) is 6.32. The van der Waals surface area contributed by atoms with E-state index < -0.39 is 0 Å². The largest absolute Gasteiger partial charge is 0.383 e. The second kappa shape index (κ2) is 9.53. The summed E-state index contributed by atoms with van der Waals surface area (Å²) in [5, 5.41) is 6.12. The van der Waals surface area contributed by atoms with Crippen LogP contribution in [0.1, 0.15) is 25.3 Å². The van der Waals surface area contributed by atoms with Gasteiger partial charge in [0, 0.05) is 38.8 Å². The first-order valence-corrected chi connectivity index (χ1v) is 8.49. The van der Waals surface area contributed by atoms with E-state index in [4.69, 9.17) is 4.74 Å². The molecule has 0 aromatic heterocycles. The molecule has 1 saturated heterocycles. The van der Waals surface area contributed by atoms with Gasteiger partial charge in [0.15, 0.2) is 0 Å². The van der Waals surface area contributed by atoms with Crippen LogP contribution in [0.3, 0.4) is 0 Å². The molecule has 0 radical (unpaired) electrons. The van der Waals surface area contributed by atoms with Crippen LogP contribution in [0.4, 0.5) is 4.79 Å². The van der Waals surface area contributed by atoms with Crippen molar-refractivity contribution in [1.29, 1.82) is 0 Å². The molecule has 23 heavy (non-hydrogen) atoms. The third-order valence-electron chi connectivity index (χ3n) is 4.31. The summed E-state index contributed by atoms with van der Waals surface area (Å²) < 4.78 is 5.09. The first-order chi connectivity index (χ1) is 11.2. The molecule has 5 nitrogen and oxygen atoms in total. The molecular weight excluding hydrogens is 290 g/mol. The van der Waals surface area contributed by atoms with E-state index in [1.165, 1.54) is 5.56 Å². The monoisotopic (exact) mass is 319 g/mol. The van der Waals surface area contributed by atoms with Gasteiger partial charge in [-0.3, -0.25) is 4.90 Å². The zero-order valence-electron chi connectivity index (χ0n) is 14.3. The van der Waals surface area contributed by atoms with Gasteiger partial charge in [-0.2, -0.15) is 0 Å². The normalized spacial score (nSPS) is 19.5. The van der Waals surface area contributed by atoms with E-state index >= 15 is 0 Å². The summed E-state index contributed by atoms with van der Waals surface area (Å²) in [7, 11) is 1.72. The lowest BCUT2D eigenvalue weighted by molar-refractivity contribution is 0.159. The van der Waals surface area contributed by atoms with Crippen molar-refractivity contribution in [3.05, 3.63) is 35.9 Å². The smallest absolute Gasteiger partial charge is 0.315 e. The van der Waals surface area contributed by atoms with E-state index in [1.807, 2.05) is 6.07 Å². The van der Waals surface area contributed by atoms with Crippen LogP contribution < -0.4 is 10.6 Å². The van der Waals surface area contributed by atoms with Crippen LogP contribution in [0.5, 0.6) is 0 Å². The fraction of sp³-hybridized carbons (Fsp3) is 0.611. The molecule has 2 amide bonds. The van der Waals surface area contributed by atoms with Crippen molar-refractivity contribution < 1.29 is 9.53 Å². The van der Waals surface area contributed by atoms with Crippen molar-refractivity contribution in [1.82, 2.24) is 15.5 Å². The number of likely N-dealkylation sites (tertiary alicyclic amines) is 1. The molecule has 0 unspecified atom stereocenters. The summed E-state index contributed by atoms with van der Waals surface area (Å²) in [4.78, 5) is 14.4. The van der Waals surface area contributed by atoms with Gasteiger partial charge in [-0.1, -0.05) is 30.3 Å². The van der Waals surface area contributed by atoms with Gasteiger partial charge < -0.3 is 15.4 Å². The molecule has 1 aliphatic rings. The van der Waals surface area contributed by atoms with Gasteiger partial charge in [-0.25, -0.2) is 4.79 Å². The van der Waals surface area contributed by atoms with Crippen molar-refractivity contribution in [3.8, 4) is 0 Å². The predicted octanol–water partition coefficient (Wildman–Crippen LogP) is 2.03. The number of rotatable bonds is 8. The highest BCUT2D eigenvalue weighted by atomic mass is 16.5. The third-order valence-corrected chi connectivity index (χ3v) is 4.31. The molecule has 2 N–H and O–H groups in total. The van der Waals surface area contributed by atoms with E-state index in [-0.39, 0.29) is 18.1 Å². The molecule has 1 aromatic rings. The fourth-order valence-corrected chi connectivity index (χ4v) is 2.92. The van der Waals surface area contributed by atoms with Gasteiger partial charge in [0.2, 0.25) is 0 Å². The lowest BCUT2D eigenvalue weighted by atomic mass is 10.1. The number of nitrogens with one attached hydrogen (secondary N) is 2. The third kappa shape index (κ3) is 6.59. The van der Waals surface area contributed by atoms with Crippen molar-refractivity contribution in [2.45, 2.75) is 38.3 Å². The van der Waals surface area contributed by atoms with Crippen molar-refractivity contribution in [3.63, 3.8) is 0 Å². The Morgan fingerprint density at radius 3 is 2.91 bits per heavy atom. The molecule has 1 aliphatic heterocycles. The minimum atomic E-state index is -0.0517. The van der Waals surface area contributed by atoms with Crippen LogP contribution in [0, 0.1) is 0 Å². The Labute approximate surface area is 139 Å². The molecule has 2 rings (SSSR count). The molecular formula is C18H29N3O2. The quantitative estimate of drug-likeness (QED) is 0.771. The number of carbonyl (C=O) groups is 1. The highest BCUT2D eigenvalue weighted by molar-refractivity contribution is 5.74. The molecule has 128 valence electrons. The summed E-state index contributed by atoms with van der Waals surface area (Å²) in [6.45, 7) is 5.67. The second-order valence-electron chi connectivity index (χ2n) is 6.32. The fourth-order valence-electron chi connectivity index (χ4n) is 2.92. The van der Waals surface area contributed by atoms with Crippen molar-refractivity contribution >= 4 is 6.03 Å². The number of nitrogens with zero attached hydrogens (tertiary/aromatic N) is 1. The van der Waals surface area contributed by atoms with Crippen LogP contribution in [-0.2, 0) is 11.2 Å². The molecule has 0 bridgehead atoms. The summed E-state index contributed by atoms with van der Waals surface area (Å²) in [6.07, 6.45) is 2.94. The summed E-state index contributed by atoms with van der Waals surface area (Å²) in [5.41, 5.74) is 1.31. The molecule has 0 spiro atoms. The molecule has 2 atom stereocenters. The number of urea groups is 1. The van der Waals surface area contributed by atoms with Crippen molar-refractivity contribution in [2.24, 2.45) is 0 Å². The Morgan fingerprint density at radius 2 is 2.17 bits per heavy atom. The molecule has 1 aromatic carbocycles. The number of methoxy groups -OCH3 is 1. The van der Waals surface area contributed by atoms with Crippen LogP contribution in [0.15, 0.2) is 30.3 Å². The molecule has 0 saturated carbocycles. The van der Waals surface area contributed by atoms with Gasteiger partial charge in [0.05, 0.1) is 6.61 Å². The summed E-state index contributed by atoms with van der Waals surface area (Å²) in [6, 6.07) is 10.7. The Kier molecular flexibility index (Phi) is 7.36. The maximum Gasteiger partial charge on any atom is 0.315 e. The number of hydrogen-bond donors (Lipinski definition) is 2. The number of benzene rings is 1. The highest BCUT2D eigenvalue weighted by Gasteiger charge is 2.23. The average Bonchev–Trinajstić information content (AvgIpc) is 2.99. The zero-order valence-corrected chi connectivity index (χ0v) is 14.3. The van der Waals surface area contributed by atoms with E-state index in [9.17, 15) is 4.79 Å². The Bertz CT molecular complexity index is 467. The number of amides is 2. The minimum Gasteiger partial charge on any atom is -0.383 e. The average molecular weight is 319 g/mol. The zero-order chi connectivity index (χ0) is 16.5. The number of hydrogen-bond acceptors (Lipinski definition) is 3. The van der Waals surface area contributed by atoms with Gasteiger partial charge in [0.1, 0.15) is 0 Å². The first-order valence-electron chi connectivity index (χ1n) is 8.49. The lowest BCUT2D eigenvalue weighted by Gasteiger charge is -2.19. The topological polar surface area (TPSA) is 53.6 Å². The summed E-state index contributed by atoms with van der Waals surface area (Å²) >= 11 is 0. The van der Waals surface area contributed by atoms with Gasteiger partial charge in [0.25, 0.3) is 0 Å². The van der Waals surface area contributed by atoms with E-state index in [0.29, 0.717) is 0 Å². The number of carbonyl (C=O) groups excluding carboxylic acids is 1. The van der Waals surface area contributed by atoms with E-state index in [0.717, 1.165) is 45.5 Å². The predicted molar refractivity (Wildman–Crippen MR) is 92.6 cm³/mol. The Balaban J connectivity index is 1.62. The van der Waals surface area contributed by atoms with Crippen LogP contribution >= 0.6 is 0 Å². The first kappa shape index (κ1) is 17.8. The van der Waals surface area contributed by atoms with Crippen LogP contribution in [-0.4, -0.2) is 56.4 Å². The Hall–Kier alpha value is -1.59. The van der Waals surface area contributed by atoms with Crippen LogP contribution in [0.25, 0.3) is 0 Å². The summed E-state index contributed by atoms with van der Waals surface area (Å²) in [5.74, 6) is 0. The van der Waals surface area contributed by atoms with E-state index in [1.54, 1.807) is 7.11 Å². The standard InChI is InChI=1S/C18H29N3O2/c1-15(8-9-16-6-4-3-5-7-16)19-18(22)20-17-10-11-21(14-17)12-13-23-2/h3-7,15,17H,8-14H2,1-2H3,(H2,19,20,22)/t15-,17-/m0/s1. The van der Waals surface area contributed by atoms with Gasteiger partial charge in [-0.05, 0) is 31.7 Å². The van der Waals surface area contributed by atoms with E-state index in [2.05, 4.69) is 46.7 Å². The molecule has 0 aliphatic carbocycles. The lowest BCUT2D eigenvalue weighted by Crippen LogP contribution is -2.46. The van der Waals surface area contributed by atoms with Crippen LogP contribution in [0.2, 0.25) is 0 Å². The molecule has 1 heterocycles. The highest BCUT2D eigenvalue weighted by Crippen LogP contribution is 2.09. The van der Waals surface area contributed by atoms with Gasteiger partial charge >= 0.3 is 6.03 Å². The maximum absolute atomic E-state index is 12.1. The number of ether oxygens (including phenoxy) is 1. The minimum absolute atomic E-state index is 0.0517. The molecule has 5 heteroatoms. The maximum atomic E-state index is 12.1. The SMILES string of the molecule is COCCN1CC[C@H](NC(=O)N[C@@H](C)CCc2ccccc2)C1. The van der Waals surface area contributed by atoms with Crippen molar-refractivity contribution in [2.75, 3.05) is 33.4 Å². The molecule has 1 fully saturated rings. The Morgan fingerprint density at radius 1 is 1.39 bits per heavy atom.